The van der Waals surface area contributed by atoms with Gasteiger partial charge in [-0.1, -0.05) is 0 Å². The van der Waals surface area contributed by atoms with Crippen molar-refractivity contribution in [3.63, 3.8) is 0 Å². The number of nitrogens with zero attached hydrogens (tertiary/aromatic N) is 1. The number of aromatic nitrogens is 1. The predicted octanol–water partition coefficient (Wildman–Crippen LogP) is 1.99. The van der Waals surface area contributed by atoms with Crippen molar-refractivity contribution in [3.8, 4) is 0 Å². The van der Waals surface area contributed by atoms with Gasteiger partial charge in [0, 0.05) is 6.20 Å². The molecule has 0 amide bonds. The lowest BCUT2D eigenvalue weighted by Gasteiger charge is -2.01. The van der Waals surface area contributed by atoms with E-state index in [1.54, 1.807) is 0 Å². The van der Waals surface area contributed by atoms with Gasteiger partial charge in [0.05, 0.1) is 0 Å². The molecule has 1 heterocycles. The van der Waals surface area contributed by atoms with Crippen molar-refractivity contribution in [2.24, 2.45) is 0 Å². The Balaban J connectivity index is 3.43. The maximum Gasteiger partial charge on any atom is 0.339 e. The zero-order valence-corrected chi connectivity index (χ0v) is 7.72. The van der Waals surface area contributed by atoms with Crippen molar-refractivity contribution >= 4 is 21.9 Å². The summed E-state index contributed by atoms with van der Waals surface area (Å²) in [7, 11) is 0. The monoisotopic (exact) mass is 233 g/mol. The molecule has 1 aromatic rings. The summed E-state index contributed by atoms with van der Waals surface area (Å²) in [5, 5.41) is 8.58. The normalized spacial score (nSPS) is 9.92. The third-order valence-electron chi connectivity index (χ3n) is 1.38. The molecular weight excluding hydrogens is 229 g/mol. The molecule has 0 aromatic carbocycles. The SMILES string of the molecule is Cc1cnc(Br)c(F)c1C(=O)O. The smallest absolute Gasteiger partial charge is 0.339 e. The van der Waals surface area contributed by atoms with E-state index in [0.717, 1.165) is 0 Å². The molecule has 0 atom stereocenters. The Morgan fingerprint density at radius 3 is 2.75 bits per heavy atom. The number of aryl methyl sites for hydroxylation is 1. The molecule has 3 nitrogen and oxygen atoms in total. The highest BCUT2D eigenvalue weighted by Gasteiger charge is 2.16. The largest absolute Gasteiger partial charge is 0.478 e. The van der Waals surface area contributed by atoms with Crippen LogP contribution in [0.3, 0.4) is 0 Å². The lowest BCUT2D eigenvalue weighted by atomic mass is 10.1. The molecule has 0 spiro atoms. The van der Waals surface area contributed by atoms with E-state index in [1.165, 1.54) is 13.1 Å². The average molecular weight is 234 g/mol. The highest BCUT2D eigenvalue weighted by molar-refractivity contribution is 9.10. The minimum atomic E-state index is -1.28. The van der Waals surface area contributed by atoms with Gasteiger partial charge in [-0.05, 0) is 28.4 Å². The highest BCUT2D eigenvalue weighted by atomic mass is 79.9. The summed E-state index contributed by atoms with van der Waals surface area (Å²) in [4.78, 5) is 14.1. The molecular formula is C7H5BrFNO2. The Morgan fingerprint density at radius 2 is 2.33 bits per heavy atom. The first-order chi connectivity index (χ1) is 5.54. The second kappa shape index (κ2) is 3.18. The topological polar surface area (TPSA) is 50.2 Å². The van der Waals surface area contributed by atoms with E-state index >= 15 is 0 Å². The number of hydrogen-bond acceptors (Lipinski definition) is 2. The summed E-state index contributed by atoms with van der Waals surface area (Å²) in [5.74, 6) is -2.12. The third-order valence-corrected chi connectivity index (χ3v) is 1.93. The van der Waals surface area contributed by atoms with Gasteiger partial charge in [-0.3, -0.25) is 0 Å². The van der Waals surface area contributed by atoms with Gasteiger partial charge in [-0.2, -0.15) is 0 Å². The van der Waals surface area contributed by atoms with Gasteiger partial charge in [0.1, 0.15) is 10.2 Å². The van der Waals surface area contributed by atoms with Crippen LogP contribution in [0.1, 0.15) is 15.9 Å². The fourth-order valence-corrected chi connectivity index (χ4v) is 1.11. The number of carbonyl (C=O) groups is 1. The summed E-state index contributed by atoms with van der Waals surface area (Å²) in [6.45, 7) is 1.49. The van der Waals surface area contributed by atoms with E-state index in [1.807, 2.05) is 0 Å². The molecule has 0 aliphatic carbocycles. The van der Waals surface area contributed by atoms with Gasteiger partial charge in [0.2, 0.25) is 0 Å². The van der Waals surface area contributed by atoms with Crippen LogP contribution in [-0.2, 0) is 0 Å². The van der Waals surface area contributed by atoms with Crippen LogP contribution in [0.2, 0.25) is 0 Å². The molecule has 1 rings (SSSR count). The van der Waals surface area contributed by atoms with Gasteiger partial charge < -0.3 is 5.11 Å². The van der Waals surface area contributed by atoms with E-state index in [0.29, 0.717) is 5.56 Å². The summed E-state index contributed by atoms with van der Waals surface area (Å²) >= 11 is 2.80. The second-order valence-electron chi connectivity index (χ2n) is 2.23. The van der Waals surface area contributed by atoms with Crippen LogP contribution in [0.15, 0.2) is 10.8 Å². The molecule has 0 aliphatic rings. The fraction of sp³-hybridized carbons (Fsp3) is 0.143. The summed E-state index contributed by atoms with van der Waals surface area (Å²) in [6, 6.07) is 0. The Kier molecular flexibility index (Phi) is 2.42. The summed E-state index contributed by atoms with van der Waals surface area (Å²) < 4.78 is 12.9. The minimum Gasteiger partial charge on any atom is -0.478 e. The van der Waals surface area contributed by atoms with Crippen molar-refractivity contribution < 1.29 is 14.3 Å². The molecule has 0 bridgehead atoms. The molecule has 1 N–H and O–H groups in total. The maximum absolute atomic E-state index is 13.0. The molecule has 64 valence electrons. The van der Waals surface area contributed by atoms with E-state index < -0.39 is 11.8 Å². The number of aromatic carboxylic acids is 1. The fourth-order valence-electron chi connectivity index (χ4n) is 0.814. The van der Waals surface area contributed by atoms with Crippen LogP contribution in [0, 0.1) is 12.7 Å². The molecule has 0 radical (unpaired) electrons. The van der Waals surface area contributed by atoms with E-state index in [4.69, 9.17) is 5.11 Å². The lowest BCUT2D eigenvalue weighted by molar-refractivity contribution is 0.0690. The predicted molar refractivity (Wildman–Crippen MR) is 43.6 cm³/mol. The number of hydrogen-bond donors (Lipinski definition) is 1. The Labute approximate surface area is 76.4 Å². The quantitative estimate of drug-likeness (QED) is 0.756. The number of pyridine rings is 1. The first-order valence-corrected chi connectivity index (χ1v) is 3.87. The van der Waals surface area contributed by atoms with E-state index in [2.05, 4.69) is 20.9 Å². The average Bonchev–Trinajstić information content (AvgIpc) is 1.97. The molecule has 0 unspecified atom stereocenters. The maximum atomic E-state index is 13.0. The molecule has 0 saturated heterocycles. The second-order valence-corrected chi connectivity index (χ2v) is 2.98. The standard InChI is InChI=1S/C7H5BrFNO2/c1-3-2-10-6(8)5(9)4(3)7(11)12/h2H,1H3,(H,11,12). The van der Waals surface area contributed by atoms with E-state index in [-0.39, 0.29) is 10.2 Å². The summed E-state index contributed by atoms with van der Waals surface area (Å²) in [6.07, 6.45) is 1.30. The lowest BCUT2D eigenvalue weighted by Crippen LogP contribution is -2.05. The molecule has 5 heteroatoms. The molecule has 12 heavy (non-hydrogen) atoms. The van der Waals surface area contributed by atoms with Gasteiger partial charge in [-0.15, -0.1) is 0 Å². The van der Waals surface area contributed by atoms with Crippen LogP contribution >= 0.6 is 15.9 Å². The first kappa shape index (κ1) is 9.12. The van der Waals surface area contributed by atoms with Crippen LogP contribution in [0.25, 0.3) is 0 Å². The zero-order valence-electron chi connectivity index (χ0n) is 6.14. The van der Waals surface area contributed by atoms with E-state index in [9.17, 15) is 9.18 Å². The molecule has 0 saturated carbocycles. The molecule has 0 aliphatic heterocycles. The van der Waals surface area contributed by atoms with Gasteiger partial charge in [0.25, 0.3) is 0 Å². The minimum absolute atomic E-state index is 0.0782. The van der Waals surface area contributed by atoms with Crippen molar-refractivity contribution in [1.29, 1.82) is 0 Å². The van der Waals surface area contributed by atoms with Crippen LogP contribution < -0.4 is 0 Å². The molecule has 1 aromatic heterocycles. The Morgan fingerprint density at radius 1 is 1.75 bits per heavy atom. The van der Waals surface area contributed by atoms with Crippen molar-refractivity contribution in [1.82, 2.24) is 4.98 Å². The highest BCUT2D eigenvalue weighted by Crippen LogP contribution is 2.18. The summed E-state index contributed by atoms with van der Waals surface area (Å²) in [5.41, 5.74) is -0.0277. The molecule has 0 fully saturated rings. The Bertz CT molecular complexity index is 340. The van der Waals surface area contributed by atoms with Crippen molar-refractivity contribution in [2.75, 3.05) is 0 Å². The number of carboxylic acid groups (broad SMARTS) is 1. The van der Waals surface area contributed by atoms with Crippen LogP contribution in [0.5, 0.6) is 0 Å². The van der Waals surface area contributed by atoms with Crippen molar-refractivity contribution in [3.05, 3.63) is 27.7 Å². The number of carboxylic acids is 1. The van der Waals surface area contributed by atoms with Gasteiger partial charge >= 0.3 is 5.97 Å². The number of rotatable bonds is 1. The van der Waals surface area contributed by atoms with Crippen LogP contribution in [-0.4, -0.2) is 16.1 Å². The first-order valence-electron chi connectivity index (χ1n) is 3.08. The van der Waals surface area contributed by atoms with Crippen LogP contribution in [0.4, 0.5) is 4.39 Å². The zero-order chi connectivity index (χ0) is 9.30. The third kappa shape index (κ3) is 1.45. The van der Waals surface area contributed by atoms with Gasteiger partial charge in [-0.25, -0.2) is 14.2 Å². The number of halogens is 2. The van der Waals surface area contributed by atoms with Gasteiger partial charge in [0.15, 0.2) is 5.82 Å². The van der Waals surface area contributed by atoms with Crippen molar-refractivity contribution in [2.45, 2.75) is 6.92 Å². The Hall–Kier alpha value is -0.970.